The second-order valence-electron chi connectivity index (χ2n) is 6.85. The molecule has 1 saturated heterocycles. The molecule has 1 aromatic rings. The molecule has 23 heavy (non-hydrogen) atoms. The number of nitrogens with two attached hydrogens (primary N) is 1. The van der Waals surface area contributed by atoms with Crippen molar-refractivity contribution < 1.29 is 23.0 Å². The summed E-state index contributed by atoms with van der Waals surface area (Å²) in [7, 11) is 1.66. The Morgan fingerprint density at radius 1 is 1.35 bits per heavy atom. The molecule has 0 radical (unpaired) electrons. The zero-order chi connectivity index (χ0) is 17.1. The van der Waals surface area contributed by atoms with E-state index in [0.29, 0.717) is 29.7 Å². The Morgan fingerprint density at radius 2 is 2.00 bits per heavy atom. The van der Waals surface area contributed by atoms with E-state index in [-0.39, 0.29) is 12.7 Å². The highest BCUT2D eigenvalue weighted by Crippen LogP contribution is 2.41. The monoisotopic (exact) mass is 343 g/mol. The summed E-state index contributed by atoms with van der Waals surface area (Å²) < 4.78 is 22.7. The topological polar surface area (TPSA) is 87.9 Å². The van der Waals surface area contributed by atoms with E-state index in [0.717, 1.165) is 12.2 Å². The van der Waals surface area contributed by atoms with Crippen LogP contribution in [0.2, 0.25) is 0 Å². The number of phosphoric acid groups is 1. The van der Waals surface area contributed by atoms with E-state index in [2.05, 4.69) is 4.90 Å². The van der Waals surface area contributed by atoms with Crippen molar-refractivity contribution in [3.8, 4) is 0 Å². The lowest BCUT2D eigenvalue weighted by Gasteiger charge is -2.29. The van der Waals surface area contributed by atoms with E-state index in [4.69, 9.17) is 14.8 Å². The standard InChI is InChI=1S/C15H26N3O4P/c1-18(2,3)10-11-21-23(19,20)22-15-8-9-17(12-15)14-6-4-13(16)5-7-14/h4-7,15H,8-12,16H2,1-3H3. The number of hydrogen-bond acceptors (Lipinski definition) is 6. The van der Waals surface area contributed by atoms with Gasteiger partial charge in [0.1, 0.15) is 13.2 Å². The maximum Gasteiger partial charge on any atom is 0.268 e. The second-order valence-corrected chi connectivity index (χ2v) is 8.21. The van der Waals surface area contributed by atoms with Crippen LogP contribution in [0.15, 0.2) is 24.3 Å². The highest BCUT2D eigenvalue weighted by atomic mass is 31.2. The van der Waals surface area contributed by atoms with Gasteiger partial charge < -0.3 is 29.1 Å². The van der Waals surface area contributed by atoms with Gasteiger partial charge >= 0.3 is 0 Å². The minimum absolute atomic E-state index is 0.124. The van der Waals surface area contributed by atoms with E-state index >= 15 is 0 Å². The SMILES string of the molecule is C[N+](C)(C)CCOP(=O)([O-])OC1CCN(c2ccc(N)cc2)C1. The molecular weight excluding hydrogens is 317 g/mol. The van der Waals surface area contributed by atoms with Gasteiger partial charge in [0, 0.05) is 24.5 Å². The van der Waals surface area contributed by atoms with Crippen LogP contribution in [0.1, 0.15) is 6.42 Å². The van der Waals surface area contributed by atoms with Crippen LogP contribution in [0.4, 0.5) is 11.4 Å². The van der Waals surface area contributed by atoms with Gasteiger partial charge in [-0.2, -0.15) is 0 Å². The number of phosphoric ester groups is 1. The fourth-order valence-electron chi connectivity index (χ4n) is 2.37. The molecule has 0 aromatic heterocycles. The molecule has 1 aliphatic rings. The number of quaternary nitrogens is 1. The lowest BCUT2D eigenvalue weighted by Crippen LogP contribution is -2.37. The van der Waals surface area contributed by atoms with Crippen LogP contribution in [-0.4, -0.2) is 58.0 Å². The Hall–Kier alpha value is -1.11. The smallest absolute Gasteiger partial charge is 0.268 e. The van der Waals surface area contributed by atoms with Crippen LogP contribution in [-0.2, 0) is 13.6 Å². The Bertz CT molecular complexity index is 559. The molecule has 0 aliphatic carbocycles. The quantitative estimate of drug-likeness (QED) is 0.452. The summed E-state index contributed by atoms with van der Waals surface area (Å²) in [6.07, 6.45) is 0.273. The largest absolute Gasteiger partial charge is 0.756 e. The Labute approximate surface area is 137 Å². The van der Waals surface area contributed by atoms with Crippen LogP contribution in [0.3, 0.4) is 0 Å². The molecule has 2 atom stereocenters. The molecule has 0 spiro atoms. The predicted molar refractivity (Wildman–Crippen MR) is 89.0 cm³/mol. The fraction of sp³-hybridized carbons (Fsp3) is 0.600. The summed E-state index contributed by atoms with van der Waals surface area (Å²) in [5.41, 5.74) is 7.39. The number of rotatable bonds is 7. The fourth-order valence-corrected chi connectivity index (χ4v) is 3.28. The third-order valence-corrected chi connectivity index (χ3v) is 4.75. The number of anilines is 2. The Morgan fingerprint density at radius 3 is 2.61 bits per heavy atom. The van der Waals surface area contributed by atoms with Crippen LogP contribution < -0.4 is 15.5 Å². The van der Waals surface area contributed by atoms with E-state index in [1.807, 2.05) is 45.4 Å². The molecule has 1 heterocycles. The summed E-state index contributed by atoms with van der Waals surface area (Å²) >= 11 is 0. The molecule has 130 valence electrons. The van der Waals surface area contributed by atoms with Gasteiger partial charge in [-0.1, -0.05) is 0 Å². The number of benzene rings is 1. The predicted octanol–water partition coefficient (Wildman–Crippen LogP) is 1.06. The number of likely N-dealkylation sites (N-methyl/N-ethyl adjacent to an activating group) is 1. The van der Waals surface area contributed by atoms with Gasteiger partial charge in [-0.3, -0.25) is 4.57 Å². The maximum atomic E-state index is 11.9. The average Bonchev–Trinajstić information content (AvgIpc) is 2.85. The molecule has 1 fully saturated rings. The number of nitrogens with zero attached hydrogens (tertiary/aromatic N) is 2. The molecule has 2 unspecified atom stereocenters. The summed E-state index contributed by atoms with van der Waals surface area (Å²) in [5.74, 6) is 0. The van der Waals surface area contributed by atoms with Crippen molar-refractivity contribution in [1.82, 2.24) is 0 Å². The zero-order valence-electron chi connectivity index (χ0n) is 14.0. The summed E-state index contributed by atoms with van der Waals surface area (Å²) in [4.78, 5) is 14.0. The van der Waals surface area contributed by atoms with E-state index in [1.54, 1.807) is 0 Å². The molecule has 0 bridgehead atoms. The zero-order valence-corrected chi connectivity index (χ0v) is 14.9. The first-order valence-corrected chi connectivity index (χ1v) is 9.16. The van der Waals surface area contributed by atoms with Crippen LogP contribution in [0, 0.1) is 0 Å². The van der Waals surface area contributed by atoms with Gasteiger partial charge in [0.25, 0.3) is 7.82 Å². The van der Waals surface area contributed by atoms with Crippen molar-refractivity contribution in [2.75, 3.05) is 58.0 Å². The van der Waals surface area contributed by atoms with Crippen LogP contribution in [0.25, 0.3) is 0 Å². The summed E-state index contributed by atoms with van der Waals surface area (Å²) in [6.45, 7) is 1.98. The molecule has 2 N–H and O–H groups in total. The van der Waals surface area contributed by atoms with Gasteiger partial charge in [0.2, 0.25) is 0 Å². The molecule has 2 rings (SSSR count). The number of nitrogen functional groups attached to an aromatic ring is 1. The minimum Gasteiger partial charge on any atom is -0.756 e. The van der Waals surface area contributed by atoms with Gasteiger partial charge in [0.15, 0.2) is 0 Å². The first kappa shape index (κ1) is 18.2. The number of hydrogen-bond donors (Lipinski definition) is 1. The van der Waals surface area contributed by atoms with E-state index in [1.165, 1.54) is 0 Å². The van der Waals surface area contributed by atoms with Gasteiger partial charge in [-0.05, 0) is 30.7 Å². The molecule has 0 saturated carbocycles. The van der Waals surface area contributed by atoms with Gasteiger partial charge in [-0.25, -0.2) is 0 Å². The third-order valence-electron chi connectivity index (χ3n) is 3.69. The highest BCUT2D eigenvalue weighted by Gasteiger charge is 2.27. The van der Waals surface area contributed by atoms with Crippen molar-refractivity contribution in [1.29, 1.82) is 0 Å². The van der Waals surface area contributed by atoms with Crippen molar-refractivity contribution in [2.45, 2.75) is 12.5 Å². The Kier molecular flexibility index (Phi) is 5.70. The van der Waals surface area contributed by atoms with Crippen molar-refractivity contribution in [3.05, 3.63) is 24.3 Å². The van der Waals surface area contributed by atoms with E-state index in [9.17, 15) is 9.46 Å². The summed E-state index contributed by atoms with van der Waals surface area (Å²) in [5, 5.41) is 0. The van der Waals surface area contributed by atoms with Crippen LogP contribution in [0.5, 0.6) is 0 Å². The molecule has 1 aliphatic heterocycles. The first-order chi connectivity index (χ1) is 10.6. The van der Waals surface area contributed by atoms with Crippen LogP contribution >= 0.6 is 7.82 Å². The maximum absolute atomic E-state index is 11.9. The normalized spacial score (nSPS) is 21.4. The molecular formula is C15H26N3O4P. The van der Waals surface area contributed by atoms with Crippen molar-refractivity contribution >= 4 is 19.2 Å². The molecule has 7 nitrogen and oxygen atoms in total. The molecule has 1 aromatic carbocycles. The van der Waals surface area contributed by atoms with Crippen molar-refractivity contribution in [3.63, 3.8) is 0 Å². The summed E-state index contributed by atoms with van der Waals surface area (Å²) in [6, 6.07) is 7.50. The second kappa shape index (κ2) is 7.20. The van der Waals surface area contributed by atoms with E-state index < -0.39 is 7.82 Å². The van der Waals surface area contributed by atoms with Crippen molar-refractivity contribution in [2.24, 2.45) is 0 Å². The molecule has 8 heteroatoms. The minimum atomic E-state index is -4.26. The lowest BCUT2D eigenvalue weighted by atomic mass is 10.2. The van der Waals surface area contributed by atoms with Gasteiger partial charge in [0.05, 0.1) is 27.2 Å². The highest BCUT2D eigenvalue weighted by molar-refractivity contribution is 7.45. The van der Waals surface area contributed by atoms with Gasteiger partial charge in [-0.15, -0.1) is 0 Å². The Balaban J connectivity index is 1.82. The average molecular weight is 343 g/mol. The first-order valence-electron chi connectivity index (χ1n) is 7.70. The molecule has 0 amide bonds. The lowest BCUT2D eigenvalue weighted by molar-refractivity contribution is -0.870. The third kappa shape index (κ3) is 6.12.